The van der Waals surface area contributed by atoms with Gasteiger partial charge in [0.2, 0.25) is 0 Å². The van der Waals surface area contributed by atoms with E-state index in [1.165, 1.54) is 11.3 Å². The molecule has 0 atom stereocenters. The monoisotopic (exact) mass is 408 g/mol. The van der Waals surface area contributed by atoms with Gasteiger partial charge in [0.05, 0.1) is 20.2 Å². The van der Waals surface area contributed by atoms with Crippen LogP contribution in [0.15, 0.2) is 20.5 Å². The van der Waals surface area contributed by atoms with Crippen LogP contribution in [0, 0.1) is 6.92 Å². The van der Waals surface area contributed by atoms with Crippen molar-refractivity contribution < 1.29 is 4.79 Å². The Morgan fingerprint density at radius 1 is 1.44 bits per heavy atom. The summed E-state index contributed by atoms with van der Waals surface area (Å²) in [5.74, 6) is 0.0254. The number of carbonyl (C=O) groups excluding carboxylic acids is 1. The smallest absolute Gasteiger partial charge is 0.264 e. The number of halogens is 2. The van der Waals surface area contributed by atoms with Crippen LogP contribution < -0.4 is 0 Å². The largest absolute Gasteiger partial charge is 0.336 e. The lowest BCUT2D eigenvalue weighted by Gasteiger charge is -2.14. The molecule has 2 aromatic rings. The highest BCUT2D eigenvalue weighted by Gasteiger charge is 2.17. The molecule has 0 bridgehead atoms. The molecule has 3 nitrogen and oxygen atoms in total. The molecule has 0 radical (unpaired) electrons. The summed E-state index contributed by atoms with van der Waals surface area (Å²) in [6.07, 6.45) is 1.82. The fourth-order valence-electron chi connectivity index (χ4n) is 1.42. The van der Waals surface area contributed by atoms with Crippen LogP contribution >= 0.6 is 54.5 Å². The molecule has 0 N–H and O–H groups in total. The van der Waals surface area contributed by atoms with Crippen molar-refractivity contribution in [2.75, 3.05) is 7.05 Å². The first-order valence-electron chi connectivity index (χ1n) is 5.09. The van der Waals surface area contributed by atoms with Gasteiger partial charge in [-0.25, -0.2) is 4.98 Å². The Morgan fingerprint density at radius 2 is 2.17 bits per heavy atom. The summed E-state index contributed by atoms with van der Waals surface area (Å²) in [4.78, 5) is 19.9. The maximum absolute atomic E-state index is 12.2. The second kappa shape index (κ2) is 5.81. The van der Waals surface area contributed by atoms with Crippen LogP contribution in [0.25, 0.3) is 0 Å². The second-order valence-electron chi connectivity index (χ2n) is 3.74. The second-order valence-corrected chi connectivity index (χ2v) is 8.28. The minimum Gasteiger partial charge on any atom is -0.336 e. The highest BCUT2D eigenvalue weighted by Crippen LogP contribution is 2.33. The minimum atomic E-state index is 0.0254. The number of aryl methyl sites for hydroxylation is 1. The van der Waals surface area contributed by atoms with Gasteiger partial charge in [-0.1, -0.05) is 0 Å². The number of amides is 1. The van der Waals surface area contributed by atoms with Gasteiger partial charge in [0.1, 0.15) is 0 Å². The predicted octanol–water partition coefficient (Wildman–Crippen LogP) is 4.31. The first kappa shape index (κ1) is 14.2. The average molecular weight is 410 g/mol. The van der Waals surface area contributed by atoms with E-state index in [9.17, 15) is 4.79 Å². The Morgan fingerprint density at radius 3 is 2.67 bits per heavy atom. The molecule has 0 saturated carbocycles. The molecule has 2 rings (SSSR count). The topological polar surface area (TPSA) is 33.2 Å². The zero-order valence-corrected chi connectivity index (χ0v) is 14.5. The standard InChI is InChI=1S/C11H10Br2N2OS2/c1-6-14-4-7(17-6)5-15(2)11(16)9-3-8(12)10(13)18-9/h3-4H,5H2,1-2H3. The molecule has 0 saturated heterocycles. The molecular formula is C11H10Br2N2OS2. The van der Waals surface area contributed by atoms with Crippen LogP contribution in [-0.4, -0.2) is 22.8 Å². The summed E-state index contributed by atoms with van der Waals surface area (Å²) in [5, 5.41) is 1.02. The fraction of sp³-hybridized carbons (Fsp3) is 0.273. The Bertz CT molecular complexity index is 560. The molecule has 0 unspecified atom stereocenters. The van der Waals surface area contributed by atoms with E-state index in [0.29, 0.717) is 6.54 Å². The molecule has 0 spiro atoms. The Balaban J connectivity index is 2.09. The van der Waals surface area contributed by atoms with Crippen LogP contribution in [0.2, 0.25) is 0 Å². The van der Waals surface area contributed by atoms with Gasteiger partial charge in [-0.3, -0.25) is 4.79 Å². The van der Waals surface area contributed by atoms with Crippen molar-refractivity contribution >= 4 is 60.4 Å². The molecule has 2 aromatic heterocycles. The zero-order chi connectivity index (χ0) is 13.3. The minimum absolute atomic E-state index is 0.0254. The Kier molecular flexibility index (Phi) is 4.58. The van der Waals surface area contributed by atoms with Crippen molar-refractivity contribution in [3.05, 3.63) is 35.3 Å². The molecular weight excluding hydrogens is 400 g/mol. The predicted molar refractivity (Wildman–Crippen MR) is 82.4 cm³/mol. The van der Waals surface area contributed by atoms with Gasteiger partial charge >= 0.3 is 0 Å². The average Bonchev–Trinajstić information content (AvgIpc) is 2.85. The molecule has 0 aliphatic heterocycles. The van der Waals surface area contributed by atoms with Gasteiger partial charge in [0, 0.05) is 22.6 Å². The van der Waals surface area contributed by atoms with Gasteiger partial charge in [-0.15, -0.1) is 22.7 Å². The lowest BCUT2D eigenvalue weighted by molar-refractivity contribution is 0.0791. The van der Waals surface area contributed by atoms with Gasteiger partial charge in [-0.2, -0.15) is 0 Å². The number of rotatable bonds is 3. The molecule has 1 amide bonds. The van der Waals surface area contributed by atoms with E-state index in [0.717, 1.165) is 23.0 Å². The van der Waals surface area contributed by atoms with Crippen LogP contribution in [0.4, 0.5) is 0 Å². The van der Waals surface area contributed by atoms with Crippen molar-refractivity contribution in [2.24, 2.45) is 0 Å². The molecule has 96 valence electrons. The number of hydrogen-bond donors (Lipinski definition) is 0. The van der Waals surface area contributed by atoms with Crippen molar-refractivity contribution in [3.8, 4) is 0 Å². The molecule has 18 heavy (non-hydrogen) atoms. The molecule has 0 aliphatic rings. The van der Waals surface area contributed by atoms with E-state index in [4.69, 9.17) is 0 Å². The number of thiophene rings is 1. The van der Waals surface area contributed by atoms with E-state index in [1.54, 1.807) is 23.3 Å². The fourth-order valence-corrected chi connectivity index (χ4v) is 4.30. The molecule has 0 aromatic carbocycles. The summed E-state index contributed by atoms with van der Waals surface area (Å²) < 4.78 is 1.85. The zero-order valence-electron chi connectivity index (χ0n) is 9.74. The third kappa shape index (κ3) is 3.20. The maximum atomic E-state index is 12.2. The number of aromatic nitrogens is 1. The lowest BCUT2D eigenvalue weighted by atomic mass is 10.4. The quantitative estimate of drug-likeness (QED) is 0.756. The van der Waals surface area contributed by atoms with Crippen LogP contribution in [0.1, 0.15) is 19.6 Å². The third-order valence-corrected chi connectivity index (χ3v) is 6.41. The summed E-state index contributed by atoms with van der Waals surface area (Å²) >= 11 is 9.83. The first-order chi connectivity index (χ1) is 8.47. The normalized spacial score (nSPS) is 10.7. The van der Waals surface area contributed by atoms with E-state index in [2.05, 4.69) is 36.8 Å². The van der Waals surface area contributed by atoms with Crippen LogP contribution in [0.5, 0.6) is 0 Å². The maximum Gasteiger partial charge on any atom is 0.264 e. The Labute approximate surface area is 130 Å². The molecule has 0 fully saturated rings. The molecule has 0 aliphatic carbocycles. The SMILES string of the molecule is Cc1ncc(CN(C)C(=O)c2cc(Br)c(Br)s2)s1. The Hall–Kier alpha value is -0.240. The lowest BCUT2D eigenvalue weighted by Crippen LogP contribution is -2.24. The first-order valence-corrected chi connectivity index (χ1v) is 8.31. The van der Waals surface area contributed by atoms with Gasteiger partial charge in [0.25, 0.3) is 5.91 Å². The summed E-state index contributed by atoms with van der Waals surface area (Å²) in [5.41, 5.74) is 0. The number of carbonyl (C=O) groups is 1. The van der Waals surface area contributed by atoms with Gasteiger partial charge < -0.3 is 4.90 Å². The number of nitrogens with zero attached hydrogens (tertiary/aromatic N) is 2. The third-order valence-electron chi connectivity index (χ3n) is 2.26. The highest BCUT2D eigenvalue weighted by molar-refractivity contribution is 9.13. The van der Waals surface area contributed by atoms with E-state index in [-0.39, 0.29) is 5.91 Å². The van der Waals surface area contributed by atoms with Crippen molar-refractivity contribution in [1.29, 1.82) is 0 Å². The van der Waals surface area contributed by atoms with E-state index < -0.39 is 0 Å². The highest BCUT2D eigenvalue weighted by atomic mass is 79.9. The molecule has 7 heteroatoms. The van der Waals surface area contributed by atoms with Gasteiger partial charge in [0.15, 0.2) is 0 Å². The number of thiazole rings is 1. The van der Waals surface area contributed by atoms with Gasteiger partial charge in [-0.05, 0) is 44.8 Å². The summed E-state index contributed by atoms with van der Waals surface area (Å²) in [6, 6.07) is 1.84. The van der Waals surface area contributed by atoms with Crippen LogP contribution in [-0.2, 0) is 6.54 Å². The van der Waals surface area contributed by atoms with Crippen molar-refractivity contribution in [1.82, 2.24) is 9.88 Å². The van der Waals surface area contributed by atoms with E-state index in [1.807, 2.05) is 19.2 Å². The van der Waals surface area contributed by atoms with Crippen LogP contribution in [0.3, 0.4) is 0 Å². The van der Waals surface area contributed by atoms with Crippen molar-refractivity contribution in [2.45, 2.75) is 13.5 Å². The molecule has 2 heterocycles. The van der Waals surface area contributed by atoms with Crippen molar-refractivity contribution in [3.63, 3.8) is 0 Å². The summed E-state index contributed by atoms with van der Waals surface area (Å²) in [6.45, 7) is 2.56. The number of hydrogen-bond acceptors (Lipinski definition) is 4. The summed E-state index contributed by atoms with van der Waals surface area (Å²) in [7, 11) is 1.80. The van der Waals surface area contributed by atoms with E-state index >= 15 is 0 Å².